The Morgan fingerprint density at radius 1 is 1.11 bits per heavy atom. The Balaban J connectivity index is 2.01. The fraction of sp³-hybridized carbons (Fsp3) is 0.133. The summed E-state index contributed by atoms with van der Waals surface area (Å²) < 4.78 is 5.90. The third-order valence-corrected chi connectivity index (χ3v) is 3.21. The SMILES string of the molecule is O/N=C1/CC(c2ccccc2)Oc2ccc(O)cc21. The maximum Gasteiger partial charge on any atom is 0.129 e. The van der Waals surface area contributed by atoms with Crippen LogP contribution in [0.5, 0.6) is 11.5 Å². The molecular formula is C15H13NO3. The van der Waals surface area contributed by atoms with Crippen molar-refractivity contribution in [2.75, 3.05) is 0 Å². The lowest BCUT2D eigenvalue weighted by molar-refractivity contribution is 0.202. The Bertz CT molecular complexity index is 623. The van der Waals surface area contributed by atoms with Crippen LogP contribution in [0.4, 0.5) is 0 Å². The van der Waals surface area contributed by atoms with Crippen LogP contribution >= 0.6 is 0 Å². The summed E-state index contributed by atoms with van der Waals surface area (Å²) >= 11 is 0. The first-order valence-corrected chi connectivity index (χ1v) is 6.04. The molecule has 1 aliphatic rings. The van der Waals surface area contributed by atoms with Crippen molar-refractivity contribution >= 4 is 5.71 Å². The second kappa shape index (κ2) is 4.65. The van der Waals surface area contributed by atoms with Crippen LogP contribution in [0.2, 0.25) is 0 Å². The summed E-state index contributed by atoms with van der Waals surface area (Å²) in [5, 5.41) is 22.0. The lowest BCUT2D eigenvalue weighted by Crippen LogP contribution is -2.21. The number of ether oxygens (including phenoxy) is 1. The summed E-state index contributed by atoms with van der Waals surface area (Å²) in [5.74, 6) is 0.743. The van der Waals surface area contributed by atoms with E-state index in [1.165, 1.54) is 0 Å². The van der Waals surface area contributed by atoms with E-state index in [-0.39, 0.29) is 11.9 Å². The molecule has 4 nitrogen and oxygen atoms in total. The molecule has 0 bridgehead atoms. The molecule has 0 aliphatic carbocycles. The number of oxime groups is 1. The smallest absolute Gasteiger partial charge is 0.129 e. The lowest BCUT2D eigenvalue weighted by Gasteiger charge is -2.27. The molecule has 96 valence electrons. The Morgan fingerprint density at radius 3 is 2.63 bits per heavy atom. The first-order chi connectivity index (χ1) is 9.28. The number of hydrogen-bond acceptors (Lipinski definition) is 4. The number of phenolic OH excluding ortho intramolecular Hbond substituents is 1. The fourth-order valence-corrected chi connectivity index (χ4v) is 2.28. The molecule has 1 heterocycles. The van der Waals surface area contributed by atoms with Crippen molar-refractivity contribution in [1.82, 2.24) is 0 Å². The summed E-state index contributed by atoms with van der Waals surface area (Å²) in [4.78, 5) is 0. The molecule has 0 fully saturated rings. The van der Waals surface area contributed by atoms with Gasteiger partial charge in [0, 0.05) is 12.0 Å². The summed E-state index contributed by atoms with van der Waals surface area (Å²) in [6, 6.07) is 14.6. The highest BCUT2D eigenvalue weighted by atomic mass is 16.5. The van der Waals surface area contributed by atoms with Gasteiger partial charge in [0.05, 0.1) is 5.71 Å². The van der Waals surface area contributed by atoms with Crippen LogP contribution in [-0.4, -0.2) is 16.0 Å². The topological polar surface area (TPSA) is 62.1 Å². The molecular weight excluding hydrogens is 242 g/mol. The minimum absolute atomic E-state index is 0.127. The monoisotopic (exact) mass is 255 g/mol. The number of benzene rings is 2. The van der Waals surface area contributed by atoms with Gasteiger partial charge in [-0.1, -0.05) is 35.5 Å². The van der Waals surface area contributed by atoms with Crippen LogP contribution < -0.4 is 4.74 Å². The van der Waals surface area contributed by atoms with E-state index in [1.54, 1.807) is 18.2 Å². The molecule has 4 heteroatoms. The summed E-state index contributed by atoms with van der Waals surface area (Å²) in [5.41, 5.74) is 2.18. The predicted octanol–water partition coefficient (Wildman–Crippen LogP) is 3.09. The molecule has 19 heavy (non-hydrogen) atoms. The molecule has 1 aliphatic heterocycles. The van der Waals surface area contributed by atoms with Crippen molar-refractivity contribution in [2.45, 2.75) is 12.5 Å². The average molecular weight is 255 g/mol. The zero-order valence-corrected chi connectivity index (χ0v) is 10.2. The third-order valence-electron chi connectivity index (χ3n) is 3.21. The van der Waals surface area contributed by atoms with Crippen LogP contribution in [0.25, 0.3) is 0 Å². The molecule has 0 saturated heterocycles. The zero-order valence-electron chi connectivity index (χ0n) is 10.2. The van der Waals surface area contributed by atoms with Gasteiger partial charge in [-0.25, -0.2) is 0 Å². The summed E-state index contributed by atoms with van der Waals surface area (Å²) in [7, 11) is 0. The van der Waals surface area contributed by atoms with Gasteiger partial charge < -0.3 is 15.1 Å². The zero-order chi connectivity index (χ0) is 13.2. The van der Waals surface area contributed by atoms with Gasteiger partial charge in [-0.15, -0.1) is 0 Å². The minimum atomic E-state index is -0.177. The van der Waals surface area contributed by atoms with Crippen molar-refractivity contribution in [3.05, 3.63) is 59.7 Å². The average Bonchev–Trinajstić information content (AvgIpc) is 2.47. The molecule has 0 saturated carbocycles. The maximum absolute atomic E-state index is 9.49. The van der Waals surface area contributed by atoms with Crippen molar-refractivity contribution in [1.29, 1.82) is 0 Å². The van der Waals surface area contributed by atoms with Gasteiger partial charge in [-0.05, 0) is 23.8 Å². The highest BCUT2D eigenvalue weighted by Gasteiger charge is 2.26. The number of nitrogens with zero attached hydrogens (tertiary/aromatic N) is 1. The predicted molar refractivity (Wildman–Crippen MR) is 70.9 cm³/mol. The van der Waals surface area contributed by atoms with Crippen molar-refractivity contribution in [3.63, 3.8) is 0 Å². The van der Waals surface area contributed by atoms with E-state index >= 15 is 0 Å². The van der Waals surface area contributed by atoms with E-state index in [9.17, 15) is 5.11 Å². The van der Waals surface area contributed by atoms with Gasteiger partial charge in [0.1, 0.15) is 17.6 Å². The van der Waals surface area contributed by atoms with Crippen LogP contribution in [0.1, 0.15) is 23.7 Å². The minimum Gasteiger partial charge on any atom is -0.508 e. The molecule has 1 unspecified atom stereocenters. The molecule has 1 atom stereocenters. The van der Waals surface area contributed by atoms with Crippen molar-refractivity contribution < 1.29 is 15.1 Å². The third kappa shape index (κ3) is 2.12. The second-order valence-electron chi connectivity index (χ2n) is 4.45. The van der Waals surface area contributed by atoms with Gasteiger partial charge >= 0.3 is 0 Å². The van der Waals surface area contributed by atoms with Crippen molar-refractivity contribution in [2.24, 2.45) is 5.16 Å². The number of hydrogen-bond donors (Lipinski definition) is 2. The number of phenols is 1. The first kappa shape index (κ1) is 11.6. The lowest BCUT2D eigenvalue weighted by atomic mass is 9.95. The van der Waals surface area contributed by atoms with E-state index in [0.717, 1.165) is 5.56 Å². The molecule has 2 aromatic carbocycles. The van der Waals surface area contributed by atoms with E-state index in [1.807, 2.05) is 30.3 Å². The van der Waals surface area contributed by atoms with Crippen LogP contribution in [-0.2, 0) is 0 Å². The highest BCUT2D eigenvalue weighted by molar-refractivity contribution is 6.04. The van der Waals surface area contributed by atoms with Crippen molar-refractivity contribution in [3.8, 4) is 11.5 Å². The Hall–Kier alpha value is -2.49. The molecule has 0 radical (unpaired) electrons. The van der Waals surface area contributed by atoms with Crippen LogP contribution in [0.15, 0.2) is 53.7 Å². The number of rotatable bonds is 1. The van der Waals surface area contributed by atoms with Gasteiger partial charge in [0.2, 0.25) is 0 Å². The van der Waals surface area contributed by atoms with Gasteiger partial charge in [-0.3, -0.25) is 0 Å². The van der Waals surface area contributed by atoms with Crippen LogP contribution in [0.3, 0.4) is 0 Å². The molecule has 3 rings (SSSR count). The molecule has 0 spiro atoms. The van der Waals surface area contributed by atoms with Gasteiger partial charge in [0.25, 0.3) is 0 Å². The number of fused-ring (bicyclic) bond motifs is 1. The van der Waals surface area contributed by atoms with E-state index < -0.39 is 0 Å². The summed E-state index contributed by atoms with van der Waals surface area (Å²) in [6.45, 7) is 0. The van der Waals surface area contributed by atoms with E-state index in [0.29, 0.717) is 23.4 Å². The van der Waals surface area contributed by atoms with Gasteiger partial charge in [0.15, 0.2) is 0 Å². The van der Waals surface area contributed by atoms with E-state index in [4.69, 9.17) is 9.94 Å². The normalized spacial score (nSPS) is 19.8. The Kier molecular flexibility index (Phi) is 2.83. The fourth-order valence-electron chi connectivity index (χ4n) is 2.28. The molecule has 2 aromatic rings. The largest absolute Gasteiger partial charge is 0.508 e. The second-order valence-corrected chi connectivity index (χ2v) is 4.45. The number of aromatic hydroxyl groups is 1. The molecule has 2 N–H and O–H groups in total. The molecule has 0 aromatic heterocycles. The quantitative estimate of drug-likeness (QED) is 0.608. The Labute approximate surface area is 110 Å². The Morgan fingerprint density at radius 2 is 1.89 bits per heavy atom. The standard InChI is InChI=1S/C15H13NO3/c17-11-6-7-14-12(8-11)13(16-18)9-15(19-14)10-4-2-1-3-5-10/h1-8,15,17-18H,9H2/b16-13-. The van der Waals surface area contributed by atoms with E-state index in [2.05, 4.69) is 5.16 Å². The highest BCUT2D eigenvalue weighted by Crippen LogP contribution is 2.36. The molecule has 0 amide bonds. The summed E-state index contributed by atoms with van der Waals surface area (Å²) in [6.07, 6.45) is 0.292. The van der Waals surface area contributed by atoms with Crippen LogP contribution in [0, 0.1) is 0 Å². The van der Waals surface area contributed by atoms with Gasteiger partial charge in [-0.2, -0.15) is 0 Å². The maximum atomic E-state index is 9.49. The first-order valence-electron chi connectivity index (χ1n) is 6.04.